The lowest BCUT2D eigenvalue weighted by Crippen LogP contribution is -2.43. The molecule has 0 heterocycles. The Morgan fingerprint density at radius 2 is 1.70 bits per heavy atom. The van der Waals surface area contributed by atoms with Gasteiger partial charge >= 0.3 is 17.9 Å². The number of carbonyl (C=O) groups excluding carboxylic acids is 1. The van der Waals surface area contributed by atoms with Crippen LogP contribution in [0.3, 0.4) is 0 Å². The van der Waals surface area contributed by atoms with Crippen molar-refractivity contribution in [3.8, 4) is 0 Å². The second-order valence-corrected chi connectivity index (χ2v) is 5.41. The maximum Gasteiger partial charge on any atom is 0.336 e. The van der Waals surface area contributed by atoms with Crippen molar-refractivity contribution in [2.45, 2.75) is 69.9 Å². The molecule has 0 fully saturated rings. The summed E-state index contributed by atoms with van der Waals surface area (Å²) in [5.41, 5.74) is -2.77. The average molecular weight is 336 g/mol. The minimum Gasteiger partial charge on any atom is -0.481 e. The fraction of sp³-hybridized carbons (Fsp3) is 0.786. The zero-order valence-corrected chi connectivity index (χ0v) is 13.0. The van der Waals surface area contributed by atoms with Gasteiger partial charge in [-0.2, -0.15) is 0 Å². The molecule has 23 heavy (non-hydrogen) atoms. The Bertz CT molecular complexity index is 407. The summed E-state index contributed by atoms with van der Waals surface area (Å²) in [6, 6.07) is 0. The van der Waals surface area contributed by atoms with E-state index in [1.54, 1.807) is 0 Å². The van der Waals surface area contributed by atoms with Gasteiger partial charge in [-0.05, 0) is 12.8 Å². The summed E-state index contributed by atoms with van der Waals surface area (Å²) < 4.78 is 4.96. The number of aliphatic hydroxyl groups is 3. The van der Waals surface area contributed by atoms with E-state index in [0.29, 0.717) is 12.8 Å². The van der Waals surface area contributed by atoms with Crippen molar-refractivity contribution < 1.29 is 44.7 Å². The van der Waals surface area contributed by atoms with Gasteiger partial charge in [0.1, 0.15) is 6.10 Å². The number of unbranched alkanes of at least 4 members (excludes halogenated alkanes) is 2. The molecular formula is C14H24O9. The maximum atomic E-state index is 11.8. The van der Waals surface area contributed by atoms with Crippen LogP contribution in [0, 0.1) is 0 Å². The first-order chi connectivity index (χ1) is 10.6. The van der Waals surface area contributed by atoms with E-state index in [4.69, 9.17) is 25.2 Å². The highest BCUT2D eigenvalue weighted by Crippen LogP contribution is 2.19. The van der Waals surface area contributed by atoms with E-state index in [-0.39, 0.29) is 6.42 Å². The zero-order valence-electron chi connectivity index (χ0n) is 13.0. The van der Waals surface area contributed by atoms with Gasteiger partial charge in [0.2, 0.25) is 0 Å². The van der Waals surface area contributed by atoms with Crippen LogP contribution in [0.15, 0.2) is 0 Å². The van der Waals surface area contributed by atoms with Crippen molar-refractivity contribution >= 4 is 17.9 Å². The summed E-state index contributed by atoms with van der Waals surface area (Å²) in [6.07, 6.45) is -2.24. The molecule has 9 heteroatoms. The van der Waals surface area contributed by atoms with E-state index in [9.17, 15) is 19.5 Å². The lowest BCUT2D eigenvalue weighted by atomic mass is 9.96. The molecule has 5 N–H and O–H groups in total. The number of carbonyl (C=O) groups is 3. The van der Waals surface area contributed by atoms with E-state index < -0.39 is 48.7 Å². The minimum atomic E-state index is -2.77. The van der Waals surface area contributed by atoms with Gasteiger partial charge in [0, 0.05) is 6.42 Å². The fourth-order valence-electron chi connectivity index (χ4n) is 2.01. The smallest absolute Gasteiger partial charge is 0.336 e. The van der Waals surface area contributed by atoms with Crippen molar-refractivity contribution in [1.82, 2.24) is 0 Å². The normalized spacial score (nSPS) is 15.0. The molecule has 0 aliphatic carbocycles. The molecule has 0 aliphatic rings. The Balaban J connectivity index is 4.75. The van der Waals surface area contributed by atoms with Crippen LogP contribution in [0.2, 0.25) is 0 Å². The van der Waals surface area contributed by atoms with Crippen LogP contribution < -0.4 is 0 Å². The number of aliphatic carboxylic acids is 2. The molecule has 0 bridgehead atoms. The molecule has 0 spiro atoms. The van der Waals surface area contributed by atoms with E-state index >= 15 is 0 Å². The van der Waals surface area contributed by atoms with Gasteiger partial charge in [-0.3, -0.25) is 9.59 Å². The molecule has 0 rings (SSSR count). The molecule has 134 valence electrons. The SMILES string of the molecule is CCCCCC(CC(O)O)OC(=O)CC(O)(CC(=O)O)C(=O)O. The van der Waals surface area contributed by atoms with Crippen LogP contribution >= 0.6 is 0 Å². The number of aliphatic hydroxyl groups excluding tert-OH is 1. The van der Waals surface area contributed by atoms with Crippen molar-refractivity contribution in [1.29, 1.82) is 0 Å². The number of rotatable bonds is 12. The van der Waals surface area contributed by atoms with Gasteiger partial charge < -0.3 is 30.3 Å². The van der Waals surface area contributed by atoms with Gasteiger partial charge in [-0.25, -0.2) is 4.79 Å². The number of carboxylic acid groups (broad SMARTS) is 2. The molecule has 0 aliphatic heterocycles. The van der Waals surface area contributed by atoms with Crippen molar-refractivity contribution in [3.63, 3.8) is 0 Å². The van der Waals surface area contributed by atoms with E-state index in [1.807, 2.05) is 6.92 Å². The molecule has 0 saturated heterocycles. The third-order valence-corrected chi connectivity index (χ3v) is 3.18. The van der Waals surface area contributed by atoms with Gasteiger partial charge in [0.15, 0.2) is 11.9 Å². The van der Waals surface area contributed by atoms with Gasteiger partial charge in [-0.15, -0.1) is 0 Å². The highest BCUT2D eigenvalue weighted by Gasteiger charge is 2.41. The zero-order chi connectivity index (χ0) is 18.0. The van der Waals surface area contributed by atoms with Crippen LogP contribution in [-0.2, 0) is 19.1 Å². The number of carboxylic acids is 2. The summed E-state index contributed by atoms with van der Waals surface area (Å²) in [5, 5.41) is 45.2. The number of ether oxygens (including phenoxy) is 1. The number of hydrogen-bond acceptors (Lipinski definition) is 7. The molecule has 0 aromatic carbocycles. The van der Waals surface area contributed by atoms with Crippen LogP contribution in [0.5, 0.6) is 0 Å². The molecular weight excluding hydrogens is 312 g/mol. The maximum absolute atomic E-state index is 11.8. The quantitative estimate of drug-likeness (QED) is 0.185. The summed E-state index contributed by atoms with van der Waals surface area (Å²) in [5.74, 6) is -4.53. The molecule has 0 radical (unpaired) electrons. The van der Waals surface area contributed by atoms with Gasteiger partial charge in [0.05, 0.1) is 12.8 Å². The highest BCUT2D eigenvalue weighted by atomic mass is 16.5. The first kappa shape index (κ1) is 21.3. The Morgan fingerprint density at radius 3 is 2.13 bits per heavy atom. The predicted octanol–water partition coefficient (Wildman–Crippen LogP) is -0.140. The molecule has 2 atom stereocenters. The van der Waals surface area contributed by atoms with Gasteiger partial charge in [-0.1, -0.05) is 19.8 Å². The van der Waals surface area contributed by atoms with E-state index in [1.165, 1.54) is 0 Å². The number of esters is 1. The first-order valence-corrected chi connectivity index (χ1v) is 7.34. The van der Waals surface area contributed by atoms with Crippen LogP contribution in [0.4, 0.5) is 0 Å². The van der Waals surface area contributed by atoms with Crippen LogP contribution in [0.25, 0.3) is 0 Å². The summed E-state index contributed by atoms with van der Waals surface area (Å²) in [4.78, 5) is 33.3. The largest absolute Gasteiger partial charge is 0.481 e. The molecule has 0 aromatic heterocycles. The summed E-state index contributed by atoms with van der Waals surface area (Å²) in [7, 11) is 0. The van der Waals surface area contributed by atoms with Crippen molar-refractivity contribution in [2.24, 2.45) is 0 Å². The topological polar surface area (TPSA) is 162 Å². The van der Waals surface area contributed by atoms with Crippen LogP contribution in [-0.4, -0.2) is 61.4 Å². The van der Waals surface area contributed by atoms with E-state index in [2.05, 4.69) is 0 Å². The van der Waals surface area contributed by atoms with Crippen molar-refractivity contribution in [2.75, 3.05) is 0 Å². The first-order valence-electron chi connectivity index (χ1n) is 7.34. The molecule has 2 unspecified atom stereocenters. The average Bonchev–Trinajstić information content (AvgIpc) is 2.36. The Morgan fingerprint density at radius 1 is 1.09 bits per heavy atom. The summed E-state index contributed by atoms with van der Waals surface area (Å²) >= 11 is 0. The standard InChI is InChI=1S/C14H24O9/c1-2-3-4-5-9(6-10(15)16)23-12(19)8-14(22,13(20)21)7-11(17)18/h9-10,15-16,22H,2-8H2,1H3,(H,17,18)(H,20,21). The molecule has 0 saturated carbocycles. The monoisotopic (exact) mass is 336 g/mol. The predicted molar refractivity (Wildman–Crippen MR) is 76.3 cm³/mol. The third-order valence-electron chi connectivity index (χ3n) is 3.18. The summed E-state index contributed by atoms with van der Waals surface area (Å²) in [6.45, 7) is 1.96. The van der Waals surface area contributed by atoms with Crippen molar-refractivity contribution in [3.05, 3.63) is 0 Å². The Kier molecular flexibility index (Phi) is 9.38. The number of hydrogen-bond donors (Lipinski definition) is 5. The van der Waals surface area contributed by atoms with E-state index in [0.717, 1.165) is 12.8 Å². The third kappa shape index (κ3) is 9.11. The fourth-order valence-corrected chi connectivity index (χ4v) is 2.01. The molecule has 0 amide bonds. The van der Waals surface area contributed by atoms with Crippen LogP contribution in [0.1, 0.15) is 51.9 Å². The minimum absolute atomic E-state index is 0.250. The molecule has 0 aromatic rings. The Hall–Kier alpha value is -1.71. The second kappa shape index (κ2) is 10.1. The second-order valence-electron chi connectivity index (χ2n) is 5.41. The highest BCUT2D eigenvalue weighted by molar-refractivity contribution is 5.88. The lowest BCUT2D eigenvalue weighted by Gasteiger charge is -2.23. The van der Waals surface area contributed by atoms with Gasteiger partial charge in [0.25, 0.3) is 0 Å². The lowest BCUT2D eigenvalue weighted by molar-refractivity contribution is -0.175. The Labute approximate surface area is 133 Å². The molecule has 9 nitrogen and oxygen atoms in total.